The molecular formula is C14H13F3N2O5. The smallest absolute Gasteiger partial charge is 0.414 e. The molecule has 2 aromatic rings. The van der Waals surface area contributed by atoms with E-state index in [0.717, 1.165) is 0 Å². The van der Waals surface area contributed by atoms with Gasteiger partial charge in [-0.2, -0.15) is 0 Å². The molecule has 1 saturated heterocycles. The Hall–Kier alpha value is -2.75. The van der Waals surface area contributed by atoms with Crippen LogP contribution in [0.1, 0.15) is 0 Å². The van der Waals surface area contributed by atoms with Crippen LogP contribution in [0.2, 0.25) is 0 Å². The topological polar surface area (TPSA) is 103 Å². The Morgan fingerprint density at radius 1 is 1.04 bits per heavy atom. The Morgan fingerprint density at radius 2 is 1.62 bits per heavy atom. The van der Waals surface area contributed by atoms with Crippen LogP contribution in [-0.4, -0.2) is 48.3 Å². The number of hydrogen-bond acceptors (Lipinski definition) is 5. The molecule has 1 aromatic carbocycles. The van der Waals surface area contributed by atoms with Crippen molar-refractivity contribution in [1.82, 2.24) is 5.32 Å². The summed E-state index contributed by atoms with van der Waals surface area (Å²) in [5.41, 5.74) is 0.0729. The number of nitrogens with zero attached hydrogens (tertiary/aromatic N) is 1. The zero-order valence-corrected chi connectivity index (χ0v) is 12.2. The summed E-state index contributed by atoms with van der Waals surface area (Å²) in [4.78, 5) is 19.9. The maximum absolute atomic E-state index is 13.9. The number of furan rings is 1. The highest BCUT2D eigenvalue weighted by Gasteiger charge is 2.26. The van der Waals surface area contributed by atoms with Crippen LogP contribution >= 0.6 is 0 Å². The Labute approximate surface area is 133 Å². The van der Waals surface area contributed by atoms with Crippen molar-refractivity contribution in [2.75, 3.05) is 31.1 Å². The number of rotatable bonds is 1. The number of piperazine rings is 1. The third kappa shape index (κ3) is 3.43. The van der Waals surface area contributed by atoms with Gasteiger partial charge in [-0.15, -0.1) is 0 Å². The van der Waals surface area contributed by atoms with Gasteiger partial charge in [-0.05, 0) is 6.07 Å². The van der Waals surface area contributed by atoms with Crippen molar-refractivity contribution in [2.45, 2.75) is 0 Å². The van der Waals surface area contributed by atoms with E-state index >= 15 is 0 Å². The van der Waals surface area contributed by atoms with Crippen LogP contribution in [-0.2, 0) is 9.59 Å². The van der Waals surface area contributed by atoms with Gasteiger partial charge in [0.05, 0.1) is 11.6 Å². The summed E-state index contributed by atoms with van der Waals surface area (Å²) in [6.45, 7) is 2.39. The van der Waals surface area contributed by atoms with E-state index in [1.54, 1.807) is 4.90 Å². The zero-order valence-electron chi connectivity index (χ0n) is 12.2. The summed E-state index contributed by atoms with van der Waals surface area (Å²) in [6.07, 6.45) is 1.23. The maximum atomic E-state index is 13.9. The molecule has 2 heterocycles. The van der Waals surface area contributed by atoms with E-state index in [0.29, 0.717) is 26.2 Å². The van der Waals surface area contributed by atoms with E-state index in [4.69, 9.17) is 24.2 Å². The molecule has 1 fully saturated rings. The molecule has 10 heteroatoms. The maximum Gasteiger partial charge on any atom is 0.414 e. The lowest BCUT2D eigenvalue weighted by molar-refractivity contribution is -0.159. The monoisotopic (exact) mass is 346 g/mol. The second-order valence-electron chi connectivity index (χ2n) is 4.80. The SMILES string of the molecule is Fc1c(F)c(N2CCNCC2)c2occc2c1F.O=C(O)C(=O)O. The van der Waals surface area contributed by atoms with Crippen molar-refractivity contribution in [3.05, 3.63) is 29.8 Å². The quantitative estimate of drug-likeness (QED) is 0.530. The van der Waals surface area contributed by atoms with Crippen LogP contribution in [0.3, 0.4) is 0 Å². The molecule has 24 heavy (non-hydrogen) atoms. The van der Waals surface area contributed by atoms with Crippen LogP contribution in [0.25, 0.3) is 11.0 Å². The van der Waals surface area contributed by atoms with Gasteiger partial charge in [-0.3, -0.25) is 0 Å². The number of hydrogen-bond donors (Lipinski definition) is 3. The summed E-state index contributed by atoms with van der Waals surface area (Å²) in [5, 5.41) is 17.9. The summed E-state index contributed by atoms with van der Waals surface area (Å²) in [7, 11) is 0. The first-order valence-electron chi connectivity index (χ1n) is 6.80. The highest BCUT2D eigenvalue weighted by Crippen LogP contribution is 2.35. The van der Waals surface area contributed by atoms with Crippen molar-refractivity contribution < 1.29 is 37.4 Å². The molecule has 1 aromatic heterocycles. The van der Waals surface area contributed by atoms with Gasteiger partial charge >= 0.3 is 11.9 Å². The molecule has 0 saturated carbocycles. The summed E-state index contributed by atoms with van der Waals surface area (Å²) in [6, 6.07) is 1.30. The Balaban J connectivity index is 0.000000301. The third-order valence-electron chi connectivity index (χ3n) is 3.33. The fourth-order valence-corrected chi connectivity index (χ4v) is 2.25. The molecule has 0 amide bonds. The van der Waals surface area contributed by atoms with E-state index in [9.17, 15) is 13.2 Å². The van der Waals surface area contributed by atoms with E-state index in [-0.39, 0.29) is 16.7 Å². The Bertz CT molecular complexity index is 759. The second-order valence-corrected chi connectivity index (χ2v) is 4.80. The number of benzene rings is 1. The van der Waals surface area contributed by atoms with Crippen molar-refractivity contribution in [2.24, 2.45) is 0 Å². The van der Waals surface area contributed by atoms with Gasteiger partial charge in [0.2, 0.25) is 0 Å². The van der Waals surface area contributed by atoms with Crippen LogP contribution in [0.15, 0.2) is 16.7 Å². The first-order chi connectivity index (χ1) is 11.3. The molecule has 7 nitrogen and oxygen atoms in total. The number of anilines is 1. The van der Waals surface area contributed by atoms with E-state index in [1.807, 2.05) is 0 Å². The largest absolute Gasteiger partial charge is 0.473 e. The molecule has 0 spiro atoms. The van der Waals surface area contributed by atoms with E-state index < -0.39 is 29.4 Å². The lowest BCUT2D eigenvalue weighted by Crippen LogP contribution is -2.44. The van der Waals surface area contributed by atoms with Gasteiger partial charge in [0.1, 0.15) is 5.69 Å². The Morgan fingerprint density at radius 3 is 2.17 bits per heavy atom. The van der Waals surface area contributed by atoms with Crippen molar-refractivity contribution in [1.29, 1.82) is 0 Å². The molecule has 0 radical (unpaired) electrons. The normalized spacial score (nSPS) is 14.2. The second kappa shape index (κ2) is 7.21. The summed E-state index contributed by atoms with van der Waals surface area (Å²) in [5.74, 6) is -7.48. The van der Waals surface area contributed by atoms with Crippen LogP contribution in [0.4, 0.5) is 18.9 Å². The minimum atomic E-state index is -1.82. The average Bonchev–Trinajstić information content (AvgIpc) is 3.04. The molecule has 3 N–H and O–H groups in total. The summed E-state index contributed by atoms with van der Waals surface area (Å²) >= 11 is 0. The first kappa shape index (κ1) is 17.6. The molecule has 0 aliphatic carbocycles. The van der Waals surface area contributed by atoms with Gasteiger partial charge in [0.15, 0.2) is 23.0 Å². The third-order valence-corrected chi connectivity index (χ3v) is 3.33. The van der Waals surface area contributed by atoms with Crippen molar-refractivity contribution >= 4 is 28.6 Å². The van der Waals surface area contributed by atoms with Crippen LogP contribution in [0, 0.1) is 17.5 Å². The minimum absolute atomic E-state index is 0.00963. The lowest BCUT2D eigenvalue weighted by atomic mass is 10.1. The van der Waals surface area contributed by atoms with E-state index in [1.165, 1.54) is 12.3 Å². The molecule has 0 bridgehead atoms. The fraction of sp³-hybridized carbons (Fsp3) is 0.286. The number of carboxylic acid groups (broad SMARTS) is 2. The molecule has 0 unspecified atom stereocenters. The molecule has 130 valence electrons. The van der Waals surface area contributed by atoms with Gasteiger partial charge in [-0.25, -0.2) is 22.8 Å². The highest BCUT2D eigenvalue weighted by molar-refractivity contribution is 6.27. The van der Waals surface area contributed by atoms with Gasteiger partial charge in [-0.1, -0.05) is 0 Å². The number of aliphatic carboxylic acids is 2. The standard InChI is InChI=1S/C12H11F3N2O.C2H2O4/c13-8-7-1-6-18-12(7)11(10(15)9(8)14)17-4-2-16-3-5-17;3-1(4)2(5)6/h1,6,16H,2-5H2;(H,3,4)(H,5,6). The van der Waals surface area contributed by atoms with Gasteiger partial charge in [0.25, 0.3) is 0 Å². The number of carbonyl (C=O) groups is 2. The fourth-order valence-electron chi connectivity index (χ4n) is 2.25. The molecule has 3 rings (SSSR count). The summed E-state index contributed by atoms with van der Waals surface area (Å²) < 4.78 is 46.1. The predicted octanol–water partition coefficient (Wildman–Crippen LogP) is 1.42. The van der Waals surface area contributed by atoms with Crippen LogP contribution < -0.4 is 10.2 Å². The van der Waals surface area contributed by atoms with E-state index in [2.05, 4.69) is 5.32 Å². The minimum Gasteiger partial charge on any atom is -0.473 e. The molecule has 1 aliphatic heterocycles. The number of fused-ring (bicyclic) bond motifs is 1. The zero-order chi connectivity index (χ0) is 17.9. The van der Waals surface area contributed by atoms with Gasteiger partial charge in [0, 0.05) is 26.2 Å². The van der Waals surface area contributed by atoms with Crippen molar-refractivity contribution in [3.63, 3.8) is 0 Å². The highest BCUT2D eigenvalue weighted by atomic mass is 19.2. The molecule has 1 aliphatic rings. The Kier molecular flexibility index (Phi) is 5.29. The van der Waals surface area contributed by atoms with Crippen LogP contribution in [0.5, 0.6) is 0 Å². The molecule has 0 atom stereocenters. The number of nitrogens with one attached hydrogen (secondary N) is 1. The number of carboxylic acids is 2. The number of halogens is 3. The lowest BCUT2D eigenvalue weighted by Gasteiger charge is -2.29. The average molecular weight is 346 g/mol. The van der Waals surface area contributed by atoms with Crippen molar-refractivity contribution in [3.8, 4) is 0 Å². The van der Waals surface area contributed by atoms with Gasteiger partial charge < -0.3 is 24.8 Å². The molecular weight excluding hydrogens is 333 g/mol. The first-order valence-corrected chi connectivity index (χ1v) is 6.80. The predicted molar refractivity (Wildman–Crippen MR) is 76.4 cm³/mol.